The first-order valence-electron chi connectivity index (χ1n) is 3.78. The molecule has 0 aromatic heterocycles. The summed E-state index contributed by atoms with van der Waals surface area (Å²) in [6.07, 6.45) is 1.61. The van der Waals surface area contributed by atoms with Crippen LogP contribution in [0.25, 0.3) is 4.91 Å². The Labute approximate surface area is 85.8 Å². The lowest BCUT2D eigenvalue weighted by atomic mass is 10.2. The van der Waals surface area contributed by atoms with Crippen LogP contribution >= 0.6 is 23.5 Å². The number of nitrogens with one attached hydrogen (secondary N) is 1. The lowest BCUT2D eigenvalue weighted by molar-refractivity contribution is 1.13. The number of halogens is 1. The molecule has 13 heavy (non-hydrogen) atoms. The Hall–Kier alpha value is -0.930. The lowest BCUT2D eigenvalue weighted by Gasteiger charge is -2.10. The van der Waals surface area contributed by atoms with Gasteiger partial charge in [-0.05, 0) is 5.56 Å². The molecule has 0 unspecified atom stereocenters. The third-order valence-corrected chi connectivity index (χ3v) is 2.89. The Bertz CT molecular complexity index is 359. The van der Waals surface area contributed by atoms with Crippen LogP contribution < -0.4 is 4.83 Å². The van der Waals surface area contributed by atoms with Gasteiger partial charge in [-0.3, -0.25) is 0 Å². The van der Waals surface area contributed by atoms with Crippen LogP contribution in [0.4, 0.5) is 0 Å². The van der Waals surface area contributed by atoms with E-state index in [1.54, 1.807) is 6.21 Å². The topological polar surface area (TPSA) is 24.4 Å². The Morgan fingerprint density at radius 1 is 1.23 bits per heavy atom. The van der Waals surface area contributed by atoms with Gasteiger partial charge in [0.2, 0.25) is 0 Å². The van der Waals surface area contributed by atoms with E-state index in [9.17, 15) is 0 Å². The maximum absolute atomic E-state index is 5.99. The van der Waals surface area contributed by atoms with Crippen molar-refractivity contribution < 1.29 is 0 Å². The summed E-state index contributed by atoms with van der Waals surface area (Å²) in [4.78, 5) is 3.82. The van der Waals surface area contributed by atoms with Gasteiger partial charge in [-0.1, -0.05) is 41.9 Å². The Balaban J connectivity index is 2.41. The molecule has 0 amide bonds. The molecular weight excluding hydrogens is 204 g/mol. The summed E-state index contributed by atoms with van der Waals surface area (Å²) in [5, 5.41) is 4.51. The van der Waals surface area contributed by atoms with Crippen molar-refractivity contribution in [2.24, 2.45) is 5.10 Å². The molecule has 0 fully saturated rings. The molecule has 1 heterocycles. The minimum absolute atomic E-state index is 0.676. The van der Waals surface area contributed by atoms with E-state index in [4.69, 9.17) is 11.6 Å². The number of rotatable bonds is 1. The molecule has 1 aromatic carbocycles. The zero-order valence-electron chi connectivity index (χ0n) is 6.70. The van der Waals surface area contributed by atoms with Gasteiger partial charge in [-0.15, -0.1) is 0 Å². The standard InChI is InChI=1S/C9H7ClN2S/c10-8-6-11-12-13-9(8)7-4-2-1-3-5-7/h1-6,12H. The van der Waals surface area contributed by atoms with Crippen LogP contribution in [0, 0.1) is 0 Å². The number of hydrogen-bond donors (Lipinski definition) is 1. The molecule has 1 aliphatic heterocycles. The van der Waals surface area contributed by atoms with E-state index in [0.29, 0.717) is 5.03 Å². The summed E-state index contributed by atoms with van der Waals surface area (Å²) in [6, 6.07) is 9.99. The van der Waals surface area contributed by atoms with Crippen molar-refractivity contribution in [1.29, 1.82) is 0 Å². The van der Waals surface area contributed by atoms with E-state index in [1.807, 2.05) is 30.3 Å². The minimum atomic E-state index is 0.676. The number of benzene rings is 1. The molecule has 2 nitrogen and oxygen atoms in total. The fourth-order valence-corrected chi connectivity index (χ4v) is 1.92. The molecule has 0 radical (unpaired) electrons. The quantitative estimate of drug-likeness (QED) is 0.721. The predicted molar refractivity (Wildman–Crippen MR) is 58.4 cm³/mol. The molecule has 1 aromatic rings. The molecule has 1 N–H and O–H groups in total. The van der Waals surface area contributed by atoms with Crippen LogP contribution in [0.1, 0.15) is 5.56 Å². The van der Waals surface area contributed by atoms with Crippen LogP contribution in [-0.2, 0) is 0 Å². The van der Waals surface area contributed by atoms with E-state index >= 15 is 0 Å². The fraction of sp³-hybridized carbons (Fsp3) is 0. The molecule has 0 atom stereocenters. The van der Waals surface area contributed by atoms with Crippen molar-refractivity contribution in [2.45, 2.75) is 0 Å². The first-order valence-corrected chi connectivity index (χ1v) is 4.97. The fourth-order valence-electron chi connectivity index (χ4n) is 1.05. The van der Waals surface area contributed by atoms with Crippen molar-refractivity contribution in [3.05, 3.63) is 40.9 Å². The smallest absolute Gasteiger partial charge is 0.0767 e. The van der Waals surface area contributed by atoms with E-state index in [-0.39, 0.29) is 0 Å². The molecular formula is C9H7ClN2S. The molecule has 4 heteroatoms. The lowest BCUT2D eigenvalue weighted by Crippen LogP contribution is -2.01. The molecule has 0 bridgehead atoms. The van der Waals surface area contributed by atoms with Crippen molar-refractivity contribution >= 4 is 34.7 Å². The second kappa shape index (κ2) is 3.85. The molecule has 0 spiro atoms. The Kier molecular flexibility index (Phi) is 2.57. The SMILES string of the molecule is ClC1=C(c2ccccc2)SNN=C1. The highest BCUT2D eigenvalue weighted by Crippen LogP contribution is 2.31. The summed E-state index contributed by atoms with van der Waals surface area (Å²) in [6.45, 7) is 0. The van der Waals surface area contributed by atoms with Gasteiger partial charge in [0.05, 0.1) is 16.2 Å². The average Bonchev–Trinajstić information content (AvgIpc) is 2.20. The molecule has 1 aliphatic rings. The van der Waals surface area contributed by atoms with Gasteiger partial charge in [0, 0.05) is 11.9 Å². The largest absolute Gasteiger partial charge is 0.247 e. The Morgan fingerprint density at radius 3 is 2.69 bits per heavy atom. The van der Waals surface area contributed by atoms with Gasteiger partial charge in [0.25, 0.3) is 0 Å². The van der Waals surface area contributed by atoms with Crippen molar-refractivity contribution in [1.82, 2.24) is 4.83 Å². The molecule has 66 valence electrons. The number of allylic oxidation sites excluding steroid dienone is 1. The van der Waals surface area contributed by atoms with Gasteiger partial charge in [0.15, 0.2) is 0 Å². The van der Waals surface area contributed by atoms with Crippen LogP contribution in [0.5, 0.6) is 0 Å². The predicted octanol–water partition coefficient (Wildman–Crippen LogP) is 2.83. The van der Waals surface area contributed by atoms with Gasteiger partial charge in [-0.25, -0.2) is 4.83 Å². The molecule has 0 saturated carbocycles. The Morgan fingerprint density at radius 2 is 2.00 bits per heavy atom. The highest BCUT2D eigenvalue weighted by molar-refractivity contribution is 8.06. The van der Waals surface area contributed by atoms with Crippen LogP contribution in [-0.4, -0.2) is 6.21 Å². The molecule has 0 saturated heterocycles. The van der Waals surface area contributed by atoms with E-state index in [2.05, 4.69) is 9.93 Å². The highest BCUT2D eigenvalue weighted by Gasteiger charge is 2.09. The monoisotopic (exact) mass is 210 g/mol. The van der Waals surface area contributed by atoms with Crippen LogP contribution in [0.15, 0.2) is 40.5 Å². The first kappa shape index (κ1) is 8.66. The van der Waals surface area contributed by atoms with E-state index in [0.717, 1.165) is 10.5 Å². The van der Waals surface area contributed by atoms with Crippen LogP contribution in [0.3, 0.4) is 0 Å². The van der Waals surface area contributed by atoms with E-state index < -0.39 is 0 Å². The van der Waals surface area contributed by atoms with Gasteiger partial charge < -0.3 is 0 Å². The maximum Gasteiger partial charge on any atom is 0.0767 e. The number of hydrazone groups is 1. The zero-order chi connectivity index (χ0) is 9.10. The van der Waals surface area contributed by atoms with Crippen molar-refractivity contribution in [2.75, 3.05) is 0 Å². The maximum atomic E-state index is 5.99. The third-order valence-electron chi connectivity index (χ3n) is 1.63. The number of hydrogen-bond acceptors (Lipinski definition) is 3. The van der Waals surface area contributed by atoms with Gasteiger partial charge >= 0.3 is 0 Å². The zero-order valence-corrected chi connectivity index (χ0v) is 8.27. The van der Waals surface area contributed by atoms with Crippen molar-refractivity contribution in [3.63, 3.8) is 0 Å². The first-order chi connectivity index (χ1) is 6.38. The second-order valence-corrected chi connectivity index (χ2v) is 3.70. The summed E-state index contributed by atoms with van der Waals surface area (Å²) in [5.74, 6) is 0. The number of nitrogens with zero attached hydrogens (tertiary/aromatic N) is 1. The normalized spacial score (nSPS) is 15.8. The molecule has 0 aliphatic carbocycles. The summed E-state index contributed by atoms with van der Waals surface area (Å²) in [7, 11) is 0. The van der Waals surface area contributed by atoms with Crippen molar-refractivity contribution in [3.8, 4) is 0 Å². The molecule has 2 rings (SSSR count). The van der Waals surface area contributed by atoms with Gasteiger partial charge in [0.1, 0.15) is 0 Å². The second-order valence-electron chi connectivity index (χ2n) is 2.49. The summed E-state index contributed by atoms with van der Waals surface area (Å²) < 4.78 is 0. The minimum Gasteiger partial charge on any atom is -0.247 e. The van der Waals surface area contributed by atoms with Gasteiger partial charge in [-0.2, -0.15) is 5.10 Å². The summed E-state index contributed by atoms with van der Waals surface area (Å²) in [5.41, 5.74) is 1.11. The highest BCUT2D eigenvalue weighted by atomic mass is 35.5. The average molecular weight is 211 g/mol. The third kappa shape index (κ3) is 1.87. The van der Waals surface area contributed by atoms with Crippen LogP contribution in [0.2, 0.25) is 0 Å². The van der Waals surface area contributed by atoms with E-state index in [1.165, 1.54) is 11.9 Å². The summed E-state index contributed by atoms with van der Waals surface area (Å²) >= 11 is 7.41.